The lowest BCUT2D eigenvalue weighted by Crippen LogP contribution is -2.57. The van der Waals surface area contributed by atoms with Gasteiger partial charge in [-0.3, -0.25) is 10.2 Å². The number of amidine groups is 1. The van der Waals surface area contributed by atoms with Gasteiger partial charge in [0.1, 0.15) is 11.4 Å². The lowest BCUT2D eigenvalue weighted by atomic mass is 9.82. The minimum Gasteiger partial charge on any atom is -0.384 e. The van der Waals surface area contributed by atoms with Gasteiger partial charge < -0.3 is 11.1 Å². The van der Waals surface area contributed by atoms with E-state index in [2.05, 4.69) is 10.0 Å². The van der Waals surface area contributed by atoms with Gasteiger partial charge in [-0.2, -0.15) is 4.72 Å². The molecule has 200 valence electrons. The van der Waals surface area contributed by atoms with E-state index in [1.165, 1.54) is 30.3 Å². The van der Waals surface area contributed by atoms with Gasteiger partial charge in [-0.1, -0.05) is 61.7 Å². The van der Waals surface area contributed by atoms with Crippen molar-refractivity contribution in [2.75, 3.05) is 5.32 Å². The predicted molar refractivity (Wildman–Crippen MR) is 145 cm³/mol. The fourth-order valence-electron chi connectivity index (χ4n) is 4.61. The molecule has 1 saturated carbocycles. The summed E-state index contributed by atoms with van der Waals surface area (Å²) in [7, 11) is -8.04. The van der Waals surface area contributed by atoms with Crippen LogP contribution in [0.4, 0.5) is 5.69 Å². The molecule has 7 N–H and O–H groups in total. The average molecular weight is 556 g/mol. The van der Waals surface area contributed by atoms with Crippen LogP contribution in [0.15, 0.2) is 82.6 Å². The number of nitrogens with two attached hydrogens (primary N) is 2. The lowest BCUT2D eigenvalue weighted by Gasteiger charge is -2.36. The van der Waals surface area contributed by atoms with E-state index in [9.17, 15) is 21.6 Å². The summed E-state index contributed by atoms with van der Waals surface area (Å²) in [5.74, 6) is -0.747. The van der Waals surface area contributed by atoms with Crippen molar-refractivity contribution in [3.8, 4) is 11.1 Å². The van der Waals surface area contributed by atoms with Gasteiger partial charge in [-0.25, -0.2) is 22.0 Å². The maximum atomic E-state index is 13.5. The summed E-state index contributed by atoms with van der Waals surface area (Å²) in [6.45, 7) is 0. The van der Waals surface area contributed by atoms with Crippen molar-refractivity contribution in [3.63, 3.8) is 0 Å². The number of nitrogens with one attached hydrogen (secondary N) is 3. The van der Waals surface area contributed by atoms with Crippen molar-refractivity contribution in [3.05, 3.63) is 78.4 Å². The molecule has 0 aromatic heterocycles. The van der Waals surface area contributed by atoms with Crippen molar-refractivity contribution in [1.82, 2.24) is 4.72 Å². The van der Waals surface area contributed by atoms with Gasteiger partial charge in [0.05, 0.1) is 9.79 Å². The van der Waals surface area contributed by atoms with E-state index in [-0.39, 0.29) is 21.2 Å². The molecule has 10 nitrogen and oxygen atoms in total. The van der Waals surface area contributed by atoms with Crippen LogP contribution in [-0.2, 0) is 24.8 Å². The summed E-state index contributed by atoms with van der Waals surface area (Å²) in [6.07, 6.45) is 2.88. The number of primary sulfonamides is 1. The third-order valence-electron chi connectivity index (χ3n) is 6.57. The molecule has 38 heavy (non-hydrogen) atoms. The molecule has 0 radical (unpaired) electrons. The van der Waals surface area contributed by atoms with Crippen LogP contribution < -0.4 is 20.9 Å². The van der Waals surface area contributed by atoms with Gasteiger partial charge in [0.2, 0.25) is 26.0 Å². The first kappa shape index (κ1) is 27.5. The van der Waals surface area contributed by atoms with E-state index < -0.39 is 31.5 Å². The third-order valence-corrected chi connectivity index (χ3v) is 9.08. The van der Waals surface area contributed by atoms with Crippen molar-refractivity contribution in [2.24, 2.45) is 10.9 Å². The molecule has 0 heterocycles. The van der Waals surface area contributed by atoms with Crippen LogP contribution in [-0.4, -0.2) is 34.1 Å². The van der Waals surface area contributed by atoms with E-state index in [1.807, 2.05) is 0 Å². The number of carbonyl (C=O) groups excluding carboxylic acids is 1. The first-order valence-electron chi connectivity index (χ1n) is 11.9. The van der Waals surface area contributed by atoms with Gasteiger partial charge >= 0.3 is 0 Å². The summed E-state index contributed by atoms with van der Waals surface area (Å²) in [4.78, 5) is 13.4. The highest BCUT2D eigenvalue weighted by Gasteiger charge is 2.43. The third kappa shape index (κ3) is 5.94. The standard InChI is InChI=1S/C26H29N5O5S2/c27-24(28)19-7-6-8-21(17-19)38(35,36)31-26(15-4-1-5-16-26)25(32)30-20-13-11-18(12-14-20)22-9-2-3-10-23(22)37(29,33)34/h2-3,6-14,17,31H,1,4-5,15-16H2,(H3,27,28)(H,30,32)(H2,29,33,34). The smallest absolute Gasteiger partial charge is 0.245 e. The SMILES string of the molecule is N=C(N)c1cccc(S(=O)(=O)NC2(C(=O)Nc3ccc(-c4ccccc4S(N)(=O)=O)cc3)CCCCC2)c1. The number of benzene rings is 3. The number of hydrogen-bond donors (Lipinski definition) is 5. The van der Waals surface area contributed by atoms with Gasteiger partial charge in [0.25, 0.3) is 0 Å². The largest absolute Gasteiger partial charge is 0.384 e. The van der Waals surface area contributed by atoms with Gasteiger partial charge in [-0.15, -0.1) is 0 Å². The van der Waals surface area contributed by atoms with Crippen LogP contribution in [0.3, 0.4) is 0 Å². The Kier molecular flexibility index (Phi) is 7.70. The lowest BCUT2D eigenvalue weighted by molar-refractivity contribution is -0.122. The number of amides is 1. The first-order valence-corrected chi connectivity index (χ1v) is 15.0. The fourth-order valence-corrected chi connectivity index (χ4v) is 6.84. The van der Waals surface area contributed by atoms with Crippen LogP contribution in [0.2, 0.25) is 0 Å². The monoisotopic (exact) mass is 555 g/mol. The van der Waals surface area contributed by atoms with Crippen LogP contribution in [0.5, 0.6) is 0 Å². The van der Waals surface area contributed by atoms with E-state index in [0.29, 0.717) is 42.5 Å². The van der Waals surface area contributed by atoms with E-state index in [0.717, 1.165) is 6.42 Å². The molecule has 12 heteroatoms. The summed E-state index contributed by atoms with van der Waals surface area (Å²) in [5.41, 5.74) is 5.86. The Hall–Kier alpha value is -3.58. The van der Waals surface area contributed by atoms with E-state index >= 15 is 0 Å². The molecule has 0 saturated heterocycles. The summed E-state index contributed by atoms with van der Waals surface area (Å²) >= 11 is 0. The molecule has 0 spiro atoms. The Morgan fingerprint density at radius 2 is 1.53 bits per heavy atom. The second-order valence-corrected chi connectivity index (χ2v) is 12.5. The Morgan fingerprint density at radius 1 is 0.868 bits per heavy atom. The molecule has 1 aliphatic carbocycles. The highest BCUT2D eigenvalue weighted by Crippen LogP contribution is 2.32. The Balaban J connectivity index is 1.59. The number of hydrogen-bond acceptors (Lipinski definition) is 6. The van der Waals surface area contributed by atoms with Crippen LogP contribution in [0.1, 0.15) is 37.7 Å². The van der Waals surface area contributed by atoms with Crippen molar-refractivity contribution >= 4 is 37.5 Å². The van der Waals surface area contributed by atoms with Crippen LogP contribution >= 0.6 is 0 Å². The molecule has 1 amide bonds. The topological polar surface area (TPSA) is 185 Å². The highest BCUT2D eigenvalue weighted by molar-refractivity contribution is 7.89. The highest BCUT2D eigenvalue weighted by atomic mass is 32.2. The second kappa shape index (κ2) is 10.7. The molecule has 0 atom stereocenters. The molecule has 4 rings (SSSR count). The normalized spacial score (nSPS) is 15.5. The number of anilines is 1. The molecule has 1 fully saturated rings. The molecule has 3 aromatic carbocycles. The predicted octanol–water partition coefficient (Wildman–Crippen LogP) is 2.90. The number of carbonyl (C=O) groups is 1. The molecule has 0 unspecified atom stereocenters. The Bertz CT molecular complexity index is 1580. The summed E-state index contributed by atoms with van der Waals surface area (Å²) in [6, 6.07) is 18.6. The van der Waals surface area contributed by atoms with Crippen LogP contribution in [0.25, 0.3) is 11.1 Å². The zero-order chi connectivity index (χ0) is 27.6. The first-order chi connectivity index (χ1) is 17.9. The quantitative estimate of drug-likeness (QED) is 0.210. The zero-order valence-corrected chi connectivity index (χ0v) is 22.1. The molecule has 1 aliphatic rings. The number of rotatable bonds is 8. The Labute approximate surface area is 222 Å². The summed E-state index contributed by atoms with van der Waals surface area (Å²) < 4.78 is 53.2. The zero-order valence-electron chi connectivity index (χ0n) is 20.5. The van der Waals surface area contributed by atoms with Crippen molar-refractivity contribution in [1.29, 1.82) is 5.41 Å². The second-order valence-electron chi connectivity index (χ2n) is 9.26. The van der Waals surface area contributed by atoms with Gasteiger partial charge in [-0.05, 0) is 48.7 Å². The number of sulfonamides is 2. The van der Waals surface area contributed by atoms with Crippen molar-refractivity contribution in [2.45, 2.75) is 47.4 Å². The van der Waals surface area contributed by atoms with Crippen LogP contribution in [0, 0.1) is 5.41 Å². The van der Waals surface area contributed by atoms with E-state index in [4.69, 9.17) is 16.3 Å². The Morgan fingerprint density at radius 3 is 2.16 bits per heavy atom. The van der Waals surface area contributed by atoms with E-state index in [1.54, 1.807) is 42.5 Å². The minimum atomic E-state index is -4.10. The molecule has 3 aromatic rings. The van der Waals surface area contributed by atoms with Crippen molar-refractivity contribution < 1.29 is 21.6 Å². The maximum absolute atomic E-state index is 13.5. The molecule has 0 bridgehead atoms. The maximum Gasteiger partial charge on any atom is 0.245 e. The number of nitrogen functional groups attached to an aromatic ring is 1. The average Bonchev–Trinajstić information content (AvgIpc) is 2.89. The fraction of sp³-hybridized carbons (Fsp3) is 0.231. The van der Waals surface area contributed by atoms with Gasteiger partial charge in [0.15, 0.2) is 0 Å². The van der Waals surface area contributed by atoms with Gasteiger partial charge in [0, 0.05) is 16.8 Å². The minimum absolute atomic E-state index is 0.0128. The molecular weight excluding hydrogens is 526 g/mol. The molecule has 0 aliphatic heterocycles. The molecular formula is C26H29N5O5S2. The summed E-state index contributed by atoms with van der Waals surface area (Å²) in [5, 5.41) is 15.8.